The van der Waals surface area contributed by atoms with Crippen molar-refractivity contribution in [3.63, 3.8) is 0 Å². The number of non-ortho nitro benzene ring substituents is 1. The lowest BCUT2D eigenvalue weighted by atomic mass is 10.1. The van der Waals surface area contributed by atoms with Crippen LogP contribution >= 0.6 is 0 Å². The number of rotatable bonds is 6. The number of hydrogen-bond acceptors (Lipinski definition) is 4. The van der Waals surface area contributed by atoms with E-state index >= 15 is 0 Å². The van der Waals surface area contributed by atoms with Crippen molar-refractivity contribution in [3.05, 3.63) is 75.8 Å². The lowest BCUT2D eigenvalue weighted by molar-refractivity contribution is -0.384. The normalized spacial score (nSPS) is 11.3. The molecule has 0 saturated heterocycles. The second-order valence-electron chi connectivity index (χ2n) is 5.97. The van der Waals surface area contributed by atoms with Crippen LogP contribution in [-0.4, -0.2) is 35.2 Å². The Morgan fingerprint density at radius 2 is 1.76 bits per heavy atom. The fraction of sp³-hybridized carbons (Fsp3) is 0.158. The molecule has 2 aromatic rings. The Balaban J connectivity index is 1.97. The maximum absolute atomic E-state index is 13.0. The number of carbonyl (C=O) groups is 2. The van der Waals surface area contributed by atoms with E-state index in [1.807, 2.05) is 0 Å². The monoisotopic (exact) mass is 407 g/mol. The smallest absolute Gasteiger partial charge is 0.333 e. The molecule has 0 saturated carbocycles. The minimum atomic E-state index is -4.63. The Labute approximate surface area is 163 Å². The van der Waals surface area contributed by atoms with E-state index in [1.54, 1.807) is 0 Å². The first-order valence-corrected chi connectivity index (χ1v) is 8.21. The highest BCUT2D eigenvalue weighted by Gasteiger charge is 2.33. The molecular weight excluding hydrogens is 391 g/mol. The van der Waals surface area contributed by atoms with Crippen molar-refractivity contribution in [3.8, 4) is 0 Å². The number of nitro benzene ring substituents is 1. The Morgan fingerprint density at radius 1 is 1.14 bits per heavy atom. The molecule has 0 atom stereocenters. The second-order valence-corrected chi connectivity index (χ2v) is 5.97. The van der Waals surface area contributed by atoms with E-state index in [1.165, 1.54) is 49.5 Å². The summed E-state index contributed by atoms with van der Waals surface area (Å²) < 4.78 is 38.9. The molecular formula is C19H16F3N3O4. The third-order valence-electron chi connectivity index (χ3n) is 3.79. The Kier molecular flexibility index (Phi) is 6.71. The first-order chi connectivity index (χ1) is 13.6. The number of nitrogens with one attached hydrogen (secondary N) is 1. The van der Waals surface area contributed by atoms with E-state index in [0.717, 1.165) is 23.1 Å². The van der Waals surface area contributed by atoms with E-state index in [4.69, 9.17) is 0 Å². The number of likely N-dealkylation sites (N-methyl/N-ethyl adjacent to an activating group) is 1. The van der Waals surface area contributed by atoms with Crippen LogP contribution in [0.15, 0.2) is 54.6 Å². The van der Waals surface area contributed by atoms with Crippen molar-refractivity contribution in [1.29, 1.82) is 0 Å². The van der Waals surface area contributed by atoms with Crippen molar-refractivity contribution in [2.45, 2.75) is 6.18 Å². The molecule has 0 heterocycles. The van der Waals surface area contributed by atoms with Gasteiger partial charge in [0.2, 0.25) is 11.8 Å². The lowest BCUT2D eigenvalue weighted by Crippen LogP contribution is -2.34. The summed E-state index contributed by atoms with van der Waals surface area (Å²) in [5.41, 5.74) is -0.949. The number of para-hydroxylation sites is 1. The molecule has 7 nitrogen and oxygen atoms in total. The van der Waals surface area contributed by atoms with E-state index in [-0.39, 0.29) is 5.69 Å². The summed E-state index contributed by atoms with van der Waals surface area (Å²) in [7, 11) is 1.32. The van der Waals surface area contributed by atoms with Gasteiger partial charge in [0.15, 0.2) is 0 Å². The number of hydrogen-bond donors (Lipinski definition) is 1. The lowest BCUT2D eigenvalue weighted by Gasteiger charge is -2.17. The Bertz CT molecular complexity index is 940. The van der Waals surface area contributed by atoms with Gasteiger partial charge < -0.3 is 10.2 Å². The van der Waals surface area contributed by atoms with Gasteiger partial charge in [-0.2, -0.15) is 13.2 Å². The molecule has 0 unspecified atom stereocenters. The zero-order valence-corrected chi connectivity index (χ0v) is 15.1. The highest BCUT2D eigenvalue weighted by molar-refractivity contribution is 5.98. The van der Waals surface area contributed by atoms with Crippen LogP contribution in [0.1, 0.15) is 11.1 Å². The van der Waals surface area contributed by atoms with Gasteiger partial charge in [-0.3, -0.25) is 19.7 Å². The average molecular weight is 407 g/mol. The van der Waals surface area contributed by atoms with Crippen LogP contribution in [0.2, 0.25) is 0 Å². The topological polar surface area (TPSA) is 92.6 Å². The van der Waals surface area contributed by atoms with Crippen LogP contribution in [0.25, 0.3) is 6.08 Å². The molecule has 2 rings (SSSR count). The number of alkyl halides is 3. The molecule has 152 valence electrons. The van der Waals surface area contributed by atoms with Gasteiger partial charge in [0.1, 0.15) is 0 Å². The number of nitrogens with zero attached hydrogens (tertiary/aromatic N) is 2. The largest absolute Gasteiger partial charge is 0.418 e. The molecule has 0 aliphatic carbocycles. The highest BCUT2D eigenvalue weighted by Crippen LogP contribution is 2.34. The van der Waals surface area contributed by atoms with E-state index in [0.29, 0.717) is 5.56 Å². The molecule has 2 aromatic carbocycles. The SMILES string of the molecule is CN(CC(=O)Nc1ccccc1C(F)(F)F)C(=O)/C=C/c1ccc([N+](=O)[O-])cc1. The molecule has 0 bridgehead atoms. The summed E-state index contributed by atoms with van der Waals surface area (Å²) in [6.45, 7) is -0.463. The van der Waals surface area contributed by atoms with Crippen molar-refractivity contribution in [2.75, 3.05) is 18.9 Å². The molecule has 29 heavy (non-hydrogen) atoms. The Morgan fingerprint density at radius 3 is 2.34 bits per heavy atom. The second kappa shape index (κ2) is 9.00. The van der Waals surface area contributed by atoms with Gasteiger partial charge in [-0.05, 0) is 35.9 Å². The predicted molar refractivity (Wildman–Crippen MR) is 99.8 cm³/mol. The molecule has 0 spiro atoms. The number of carbonyl (C=O) groups excluding carboxylic acids is 2. The molecule has 0 fully saturated rings. The molecule has 1 N–H and O–H groups in total. The van der Waals surface area contributed by atoms with E-state index in [9.17, 15) is 32.9 Å². The fourth-order valence-corrected chi connectivity index (χ4v) is 2.32. The summed E-state index contributed by atoms with van der Waals surface area (Å²) in [4.78, 5) is 35.2. The number of amides is 2. The number of benzene rings is 2. The van der Waals surface area contributed by atoms with Crippen LogP contribution in [-0.2, 0) is 15.8 Å². The molecule has 0 aliphatic rings. The van der Waals surface area contributed by atoms with Crippen molar-refractivity contribution >= 4 is 29.3 Å². The van der Waals surface area contributed by atoms with Crippen LogP contribution in [0.5, 0.6) is 0 Å². The number of anilines is 1. The van der Waals surface area contributed by atoms with Gasteiger partial charge in [-0.1, -0.05) is 12.1 Å². The minimum Gasteiger partial charge on any atom is -0.333 e. The standard InChI is InChI=1S/C19H16F3N3O4/c1-24(18(27)11-8-13-6-9-14(10-7-13)25(28)29)12-17(26)23-16-5-3-2-4-15(16)19(20,21)22/h2-11H,12H2,1H3,(H,23,26)/b11-8+. The van der Waals surface area contributed by atoms with E-state index in [2.05, 4.69) is 5.32 Å². The summed E-state index contributed by atoms with van der Waals surface area (Å²) in [5.74, 6) is -1.36. The highest BCUT2D eigenvalue weighted by atomic mass is 19.4. The first-order valence-electron chi connectivity index (χ1n) is 8.21. The number of halogens is 3. The van der Waals surface area contributed by atoms with Gasteiger partial charge in [-0.25, -0.2) is 0 Å². The average Bonchev–Trinajstić information content (AvgIpc) is 2.65. The Hall–Kier alpha value is -3.69. The minimum absolute atomic E-state index is 0.0959. The fourth-order valence-electron chi connectivity index (χ4n) is 2.32. The van der Waals surface area contributed by atoms with Crippen molar-refractivity contribution < 1.29 is 27.7 Å². The van der Waals surface area contributed by atoms with Crippen LogP contribution in [0.3, 0.4) is 0 Å². The quantitative estimate of drug-likeness (QED) is 0.449. The zero-order chi connectivity index (χ0) is 21.6. The molecule has 0 aliphatic heterocycles. The van der Waals surface area contributed by atoms with Gasteiger partial charge >= 0.3 is 6.18 Å². The van der Waals surface area contributed by atoms with Gasteiger partial charge in [-0.15, -0.1) is 0 Å². The third-order valence-corrected chi connectivity index (χ3v) is 3.79. The zero-order valence-electron chi connectivity index (χ0n) is 15.1. The maximum atomic E-state index is 13.0. The third kappa shape index (κ3) is 6.16. The van der Waals surface area contributed by atoms with Gasteiger partial charge in [0, 0.05) is 25.3 Å². The molecule has 0 aromatic heterocycles. The summed E-state index contributed by atoms with van der Waals surface area (Å²) >= 11 is 0. The first kappa shape index (κ1) is 21.6. The number of nitro groups is 1. The molecule has 2 amide bonds. The van der Waals surface area contributed by atoms with Crippen LogP contribution in [0, 0.1) is 10.1 Å². The van der Waals surface area contributed by atoms with Crippen LogP contribution in [0.4, 0.5) is 24.5 Å². The van der Waals surface area contributed by atoms with Crippen molar-refractivity contribution in [2.24, 2.45) is 0 Å². The summed E-state index contributed by atoms with van der Waals surface area (Å²) in [6, 6.07) is 9.97. The molecule has 0 radical (unpaired) electrons. The maximum Gasteiger partial charge on any atom is 0.418 e. The van der Waals surface area contributed by atoms with E-state index < -0.39 is 40.7 Å². The predicted octanol–water partition coefficient (Wildman–Crippen LogP) is 3.72. The van der Waals surface area contributed by atoms with Crippen molar-refractivity contribution in [1.82, 2.24) is 4.90 Å². The van der Waals surface area contributed by atoms with Gasteiger partial charge in [0.25, 0.3) is 5.69 Å². The van der Waals surface area contributed by atoms with Gasteiger partial charge in [0.05, 0.1) is 22.7 Å². The summed E-state index contributed by atoms with van der Waals surface area (Å²) in [6.07, 6.45) is -2.07. The molecule has 10 heteroatoms. The summed E-state index contributed by atoms with van der Waals surface area (Å²) in [5, 5.41) is 12.8. The van der Waals surface area contributed by atoms with Crippen LogP contribution < -0.4 is 5.32 Å².